The first-order valence-corrected chi connectivity index (χ1v) is 9.95. The first-order chi connectivity index (χ1) is 13.4. The Balaban J connectivity index is 1.39. The monoisotopic (exact) mass is 401 g/mol. The zero-order valence-electron chi connectivity index (χ0n) is 16.1. The van der Waals surface area contributed by atoms with Crippen molar-refractivity contribution < 1.29 is 14.3 Å². The van der Waals surface area contributed by atoms with E-state index >= 15 is 0 Å². The van der Waals surface area contributed by atoms with Gasteiger partial charge in [0, 0.05) is 42.5 Å². The van der Waals surface area contributed by atoms with Crippen LogP contribution in [-0.4, -0.2) is 40.7 Å². The van der Waals surface area contributed by atoms with Gasteiger partial charge in [0.15, 0.2) is 0 Å². The zero-order chi connectivity index (χ0) is 19.7. The molecule has 3 heterocycles. The first-order valence-electron chi connectivity index (χ1n) is 9.57. The maximum atomic E-state index is 12.6. The third kappa shape index (κ3) is 4.13. The third-order valence-electron chi connectivity index (χ3n) is 5.32. The van der Waals surface area contributed by atoms with Crippen LogP contribution in [0.1, 0.15) is 32.3 Å². The summed E-state index contributed by atoms with van der Waals surface area (Å²) in [7, 11) is 0. The summed E-state index contributed by atoms with van der Waals surface area (Å²) >= 11 is 6.44. The summed E-state index contributed by atoms with van der Waals surface area (Å²) in [5, 5.41) is 3.62. The lowest BCUT2D eigenvalue weighted by molar-refractivity contribution is -0.135. The average Bonchev–Trinajstić information content (AvgIpc) is 3.10. The maximum Gasteiger partial charge on any atom is 0.223 e. The molecule has 4 rings (SSSR count). The van der Waals surface area contributed by atoms with Gasteiger partial charge >= 0.3 is 0 Å². The molecule has 2 aliphatic heterocycles. The van der Waals surface area contributed by atoms with Gasteiger partial charge in [0.25, 0.3) is 0 Å². The number of benzene rings is 1. The van der Waals surface area contributed by atoms with Crippen LogP contribution >= 0.6 is 11.6 Å². The number of halogens is 1. The van der Waals surface area contributed by atoms with Crippen molar-refractivity contribution in [1.29, 1.82) is 0 Å². The van der Waals surface area contributed by atoms with Gasteiger partial charge in [0.05, 0.1) is 17.2 Å². The quantitative estimate of drug-likeness (QED) is 0.849. The Hall–Kier alpha value is -2.18. The number of amides is 1. The zero-order valence-corrected chi connectivity index (χ0v) is 16.8. The SMILES string of the molecule is CC1(C)CC(C(=O)NCC2Cc3cc(-c4cncnc4)cc(Cl)c3O2)CCO1. The Labute approximate surface area is 169 Å². The number of ether oxygens (including phenoxy) is 2. The van der Waals surface area contributed by atoms with Crippen molar-refractivity contribution in [1.82, 2.24) is 15.3 Å². The molecule has 6 nitrogen and oxygen atoms in total. The van der Waals surface area contributed by atoms with Crippen LogP contribution in [0.5, 0.6) is 5.75 Å². The highest BCUT2D eigenvalue weighted by Crippen LogP contribution is 2.39. The molecule has 2 aromatic rings. The fourth-order valence-electron chi connectivity index (χ4n) is 3.93. The second-order valence-corrected chi connectivity index (χ2v) is 8.47. The van der Waals surface area contributed by atoms with Crippen molar-refractivity contribution in [2.45, 2.75) is 44.8 Å². The molecular formula is C21H24ClN3O3. The highest BCUT2D eigenvalue weighted by molar-refractivity contribution is 6.32. The van der Waals surface area contributed by atoms with Crippen molar-refractivity contribution in [2.24, 2.45) is 5.92 Å². The fourth-order valence-corrected chi connectivity index (χ4v) is 4.21. The summed E-state index contributed by atoms with van der Waals surface area (Å²) in [6, 6.07) is 3.92. The minimum atomic E-state index is -0.245. The number of carbonyl (C=O) groups is 1. The summed E-state index contributed by atoms with van der Waals surface area (Å²) in [5.74, 6) is 0.763. The molecule has 148 valence electrons. The van der Waals surface area contributed by atoms with Gasteiger partial charge in [-0.25, -0.2) is 9.97 Å². The lowest BCUT2D eigenvalue weighted by Crippen LogP contribution is -2.43. The van der Waals surface area contributed by atoms with Gasteiger partial charge in [-0.1, -0.05) is 11.6 Å². The van der Waals surface area contributed by atoms with Crippen molar-refractivity contribution in [3.8, 4) is 16.9 Å². The van der Waals surface area contributed by atoms with Gasteiger partial charge in [-0.2, -0.15) is 0 Å². The predicted octanol–water partition coefficient (Wildman–Crippen LogP) is 3.42. The van der Waals surface area contributed by atoms with Gasteiger partial charge in [-0.3, -0.25) is 4.79 Å². The van der Waals surface area contributed by atoms with Crippen molar-refractivity contribution in [3.63, 3.8) is 0 Å². The molecule has 1 aromatic heterocycles. The van der Waals surface area contributed by atoms with Crippen LogP contribution in [0, 0.1) is 5.92 Å². The minimum absolute atomic E-state index is 0.0131. The minimum Gasteiger partial charge on any atom is -0.486 e. The molecule has 1 fully saturated rings. The Kier molecular flexibility index (Phi) is 5.25. The Morgan fingerprint density at radius 1 is 1.29 bits per heavy atom. The van der Waals surface area contributed by atoms with E-state index in [1.165, 1.54) is 6.33 Å². The molecule has 0 bridgehead atoms. The molecule has 7 heteroatoms. The molecule has 2 aliphatic rings. The van der Waals surface area contributed by atoms with Gasteiger partial charge in [0.2, 0.25) is 5.91 Å². The van der Waals surface area contributed by atoms with E-state index in [-0.39, 0.29) is 23.5 Å². The summed E-state index contributed by atoms with van der Waals surface area (Å²) in [5.41, 5.74) is 2.66. The molecular weight excluding hydrogens is 378 g/mol. The maximum absolute atomic E-state index is 12.6. The molecule has 28 heavy (non-hydrogen) atoms. The molecule has 1 N–H and O–H groups in total. The Morgan fingerprint density at radius 2 is 2.07 bits per heavy atom. The molecule has 1 aromatic carbocycles. The lowest BCUT2D eigenvalue weighted by atomic mass is 9.88. The van der Waals surface area contributed by atoms with E-state index in [2.05, 4.69) is 21.4 Å². The number of aromatic nitrogens is 2. The summed E-state index contributed by atoms with van der Waals surface area (Å²) < 4.78 is 11.7. The summed E-state index contributed by atoms with van der Waals surface area (Å²) in [4.78, 5) is 20.7. The van der Waals surface area contributed by atoms with Crippen LogP contribution in [0.2, 0.25) is 5.02 Å². The lowest BCUT2D eigenvalue weighted by Gasteiger charge is -2.34. The second kappa shape index (κ2) is 7.68. The van der Waals surface area contributed by atoms with Crippen molar-refractivity contribution >= 4 is 17.5 Å². The van der Waals surface area contributed by atoms with Gasteiger partial charge in [-0.05, 0) is 44.4 Å². The van der Waals surface area contributed by atoms with Crippen molar-refractivity contribution in [2.75, 3.05) is 13.2 Å². The van der Waals surface area contributed by atoms with Crippen LogP contribution in [0.3, 0.4) is 0 Å². The molecule has 0 spiro atoms. The number of fused-ring (bicyclic) bond motifs is 1. The molecule has 2 unspecified atom stereocenters. The molecule has 0 radical (unpaired) electrons. The Bertz CT molecular complexity index is 873. The average molecular weight is 402 g/mol. The standard InChI is InChI=1S/C21H24ClN3O3/c1-21(2)8-13(3-4-27-21)20(26)25-11-17-6-15-5-14(7-18(22)19(15)28-17)16-9-23-12-24-10-16/h5,7,9-10,12-13,17H,3-4,6,8,11H2,1-2H3,(H,25,26). The molecule has 2 atom stereocenters. The fraction of sp³-hybridized carbons (Fsp3) is 0.476. The molecule has 1 saturated heterocycles. The van der Waals surface area contributed by atoms with E-state index in [9.17, 15) is 4.79 Å². The van der Waals surface area contributed by atoms with E-state index in [0.29, 0.717) is 30.3 Å². The normalized spacial score (nSPS) is 23.0. The van der Waals surface area contributed by atoms with Gasteiger partial charge < -0.3 is 14.8 Å². The number of rotatable bonds is 4. The van der Waals surface area contributed by atoms with E-state index < -0.39 is 0 Å². The van der Waals surface area contributed by atoms with E-state index in [1.54, 1.807) is 12.4 Å². The van der Waals surface area contributed by atoms with Crippen molar-refractivity contribution in [3.05, 3.63) is 41.4 Å². The Morgan fingerprint density at radius 3 is 2.82 bits per heavy atom. The predicted molar refractivity (Wildman–Crippen MR) is 106 cm³/mol. The summed E-state index contributed by atoms with van der Waals surface area (Å²) in [6.45, 7) is 5.14. The molecule has 0 saturated carbocycles. The smallest absolute Gasteiger partial charge is 0.223 e. The van der Waals surface area contributed by atoms with E-state index in [0.717, 1.165) is 29.5 Å². The number of carbonyl (C=O) groups excluding carboxylic acids is 1. The largest absolute Gasteiger partial charge is 0.486 e. The topological polar surface area (TPSA) is 73.3 Å². The number of nitrogens with one attached hydrogen (secondary N) is 1. The third-order valence-corrected chi connectivity index (χ3v) is 5.60. The number of hydrogen-bond acceptors (Lipinski definition) is 5. The summed E-state index contributed by atoms with van der Waals surface area (Å²) in [6.07, 6.45) is 7.10. The van der Waals surface area contributed by atoms with E-state index in [4.69, 9.17) is 21.1 Å². The van der Waals surface area contributed by atoms with Crippen LogP contribution in [0.4, 0.5) is 0 Å². The first kappa shape index (κ1) is 19.2. The van der Waals surface area contributed by atoms with Crippen LogP contribution in [0.15, 0.2) is 30.9 Å². The van der Waals surface area contributed by atoms with Gasteiger partial charge in [-0.15, -0.1) is 0 Å². The highest BCUT2D eigenvalue weighted by Gasteiger charge is 2.33. The van der Waals surface area contributed by atoms with Gasteiger partial charge in [0.1, 0.15) is 18.2 Å². The molecule has 0 aliphatic carbocycles. The number of nitrogens with zero attached hydrogens (tertiary/aromatic N) is 2. The van der Waals surface area contributed by atoms with Crippen LogP contribution < -0.4 is 10.1 Å². The highest BCUT2D eigenvalue weighted by atomic mass is 35.5. The van der Waals surface area contributed by atoms with E-state index in [1.807, 2.05) is 19.9 Å². The number of hydrogen-bond donors (Lipinski definition) is 1. The van der Waals surface area contributed by atoms with Crippen LogP contribution in [0.25, 0.3) is 11.1 Å². The molecule has 1 amide bonds. The van der Waals surface area contributed by atoms with Crippen LogP contribution in [-0.2, 0) is 16.0 Å². The second-order valence-electron chi connectivity index (χ2n) is 8.06.